The molecule has 1 amide bonds. The molecule has 6 rings (SSSR count). The van der Waals surface area contributed by atoms with Crippen molar-refractivity contribution < 1.29 is 4.79 Å². The Kier molecular flexibility index (Phi) is 2.92. The second-order valence-electron chi connectivity index (χ2n) is 8.63. The zero-order valence-electron chi connectivity index (χ0n) is 14.5. The largest absolute Gasteiger partial charge is 0.345 e. The molecule has 0 saturated heterocycles. The molecular weight excluding hydrogens is 298 g/mol. The van der Waals surface area contributed by atoms with Crippen LogP contribution in [0.3, 0.4) is 0 Å². The van der Waals surface area contributed by atoms with Gasteiger partial charge in [-0.2, -0.15) is 0 Å². The molecule has 2 aromatic rings. The number of amides is 1. The van der Waals surface area contributed by atoms with Gasteiger partial charge in [0.05, 0.1) is 5.69 Å². The van der Waals surface area contributed by atoms with Gasteiger partial charge in [-0.25, -0.2) is 4.98 Å². The van der Waals surface area contributed by atoms with E-state index in [1.165, 1.54) is 38.5 Å². The van der Waals surface area contributed by atoms with Gasteiger partial charge in [-0.3, -0.25) is 9.20 Å². The Bertz CT molecular complexity index is 799. The van der Waals surface area contributed by atoms with Gasteiger partial charge >= 0.3 is 0 Å². The predicted octanol–water partition coefficient (Wildman–Crippen LogP) is 3.65. The summed E-state index contributed by atoms with van der Waals surface area (Å²) in [6.07, 6.45) is 9.73. The Morgan fingerprint density at radius 1 is 1.12 bits per heavy atom. The molecule has 4 nitrogen and oxygen atoms in total. The summed E-state index contributed by atoms with van der Waals surface area (Å²) in [7, 11) is 0. The van der Waals surface area contributed by atoms with Crippen molar-refractivity contribution in [2.75, 3.05) is 0 Å². The lowest BCUT2D eigenvalue weighted by atomic mass is 9.53. The topological polar surface area (TPSA) is 46.4 Å². The lowest BCUT2D eigenvalue weighted by Crippen LogP contribution is -2.60. The number of carbonyl (C=O) groups is 1. The molecule has 24 heavy (non-hydrogen) atoms. The van der Waals surface area contributed by atoms with Crippen molar-refractivity contribution in [3.8, 4) is 0 Å². The van der Waals surface area contributed by atoms with E-state index in [1.54, 1.807) is 0 Å². The summed E-state index contributed by atoms with van der Waals surface area (Å²) in [6, 6.07) is 4.03. The van der Waals surface area contributed by atoms with E-state index in [1.807, 2.05) is 29.7 Å². The van der Waals surface area contributed by atoms with Crippen molar-refractivity contribution in [2.45, 2.75) is 57.9 Å². The lowest BCUT2D eigenvalue weighted by Gasteiger charge is -2.56. The third kappa shape index (κ3) is 2.11. The molecule has 4 aliphatic carbocycles. The van der Waals surface area contributed by atoms with E-state index in [4.69, 9.17) is 0 Å². The fraction of sp³-hybridized carbons (Fsp3) is 0.600. The predicted molar refractivity (Wildman–Crippen MR) is 93.0 cm³/mol. The summed E-state index contributed by atoms with van der Waals surface area (Å²) in [6.45, 7) is 3.99. The quantitative estimate of drug-likeness (QED) is 0.917. The van der Waals surface area contributed by atoms with Crippen LogP contribution in [0.25, 0.3) is 5.65 Å². The zero-order valence-corrected chi connectivity index (χ0v) is 14.5. The molecule has 4 saturated carbocycles. The van der Waals surface area contributed by atoms with E-state index >= 15 is 0 Å². The van der Waals surface area contributed by atoms with Crippen molar-refractivity contribution >= 4 is 11.6 Å². The first-order valence-corrected chi connectivity index (χ1v) is 9.29. The second-order valence-corrected chi connectivity index (χ2v) is 8.63. The third-order valence-corrected chi connectivity index (χ3v) is 6.57. The molecule has 4 fully saturated rings. The van der Waals surface area contributed by atoms with Gasteiger partial charge in [0.25, 0.3) is 5.91 Å². The van der Waals surface area contributed by atoms with Gasteiger partial charge in [0.2, 0.25) is 0 Å². The van der Waals surface area contributed by atoms with Crippen LogP contribution in [0, 0.1) is 31.6 Å². The number of fused-ring (bicyclic) bond motifs is 1. The summed E-state index contributed by atoms with van der Waals surface area (Å²) in [5.41, 5.74) is 3.58. The maximum Gasteiger partial charge on any atom is 0.270 e. The van der Waals surface area contributed by atoms with Crippen LogP contribution in [0.1, 0.15) is 60.3 Å². The van der Waals surface area contributed by atoms with Gasteiger partial charge in [0.15, 0.2) is 0 Å². The standard InChI is InChI=1S/C20H25N3O/c1-12-3-4-17-21-13(2)18(23(17)11-12)19(24)22-20-8-14-5-15(9-20)7-16(6-14)10-20/h3-4,11,14-16H,5-10H2,1-2H3,(H,22,24). The van der Waals surface area contributed by atoms with Crippen LogP contribution in [0.5, 0.6) is 0 Å². The van der Waals surface area contributed by atoms with Crippen LogP contribution in [0.4, 0.5) is 0 Å². The Morgan fingerprint density at radius 3 is 2.38 bits per heavy atom. The van der Waals surface area contributed by atoms with E-state index in [0.29, 0.717) is 5.69 Å². The first kappa shape index (κ1) is 14.5. The summed E-state index contributed by atoms with van der Waals surface area (Å²) in [5.74, 6) is 2.57. The lowest BCUT2D eigenvalue weighted by molar-refractivity contribution is -0.0168. The summed E-state index contributed by atoms with van der Waals surface area (Å²) in [5, 5.41) is 3.48. The highest BCUT2D eigenvalue weighted by Gasteiger charge is 2.51. The van der Waals surface area contributed by atoms with E-state index < -0.39 is 0 Å². The van der Waals surface area contributed by atoms with Gasteiger partial charge in [-0.15, -0.1) is 0 Å². The number of imidazole rings is 1. The minimum atomic E-state index is 0.0479. The number of nitrogens with one attached hydrogen (secondary N) is 1. The van der Waals surface area contributed by atoms with Gasteiger partial charge in [-0.05, 0) is 81.8 Å². The highest BCUT2D eigenvalue weighted by Crippen LogP contribution is 2.55. The van der Waals surface area contributed by atoms with Crippen LogP contribution >= 0.6 is 0 Å². The number of hydrogen-bond acceptors (Lipinski definition) is 2. The number of hydrogen-bond donors (Lipinski definition) is 1. The van der Waals surface area contributed by atoms with E-state index in [-0.39, 0.29) is 11.4 Å². The third-order valence-electron chi connectivity index (χ3n) is 6.57. The van der Waals surface area contributed by atoms with E-state index in [9.17, 15) is 4.79 Å². The maximum atomic E-state index is 13.2. The number of aromatic nitrogens is 2. The Hall–Kier alpha value is -1.84. The highest BCUT2D eigenvalue weighted by atomic mass is 16.2. The van der Waals surface area contributed by atoms with Gasteiger partial charge in [-0.1, -0.05) is 6.07 Å². The zero-order chi connectivity index (χ0) is 16.5. The molecule has 0 unspecified atom stereocenters. The summed E-state index contributed by atoms with van der Waals surface area (Å²) < 4.78 is 1.96. The van der Waals surface area contributed by atoms with Crippen molar-refractivity contribution in [1.29, 1.82) is 0 Å². The second kappa shape index (κ2) is 4.84. The van der Waals surface area contributed by atoms with Crippen LogP contribution in [0.15, 0.2) is 18.3 Å². The number of pyridine rings is 1. The first-order valence-electron chi connectivity index (χ1n) is 9.29. The van der Waals surface area contributed by atoms with Crippen LogP contribution in [0.2, 0.25) is 0 Å². The van der Waals surface area contributed by atoms with Crippen molar-refractivity contribution in [3.63, 3.8) is 0 Å². The molecule has 2 heterocycles. The normalized spacial score (nSPS) is 34.0. The summed E-state index contributed by atoms with van der Waals surface area (Å²) >= 11 is 0. The van der Waals surface area contributed by atoms with E-state index in [2.05, 4.69) is 17.2 Å². The molecule has 0 spiro atoms. The molecular formula is C20H25N3O. The minimum Gasteiger partial charge on any atom is -0.345 e. The number of carbonyl (C=O) groups excluding carboxylic acids is 1. The molecule has 4 bridgehead atoms. The highest BCUT2D eigenvalue weighted by molar-refractivity contribution is 5.95. The first-order chi connectivity index (χ1) is 11.5. The molecule has 2 aromatic heterocycles. The average Bonchev–Trinajstić information content (AvgIpc) is 2.80. The number of nitrogens with zero attached hydrogens (tertiary/aromatic N) is 2. The Labute approximate surface area is 142 Å². The molecule has 1 N–H and O–H groups in total. The molecule has 4 aliphatic rings. The molecule has 4 heteroatoms. The molecule has 0 atom stereocenters. The minimum absolute atomic E-state index is 0.0479. The molecule has 126 valence electrons. The Morgan fingerprint density at radius 2 is 1.75 bits per heavy atom. The van der Waals surface area contributed by atoms with Crippen LogP contribution in [-0.2, 0) is 0 Å². The van der Waals surface area contributed by atoms with Crippen LogP contribution < -0.4 is 5.32 Å². The monoisotopic (exact) mass is 323 g/mol. The van der Waals surface area contributed by atoms with E-state index in [0.717, 1.165) is 34.7 Å². The molecule has 0 radical (unpaired) electrons. The number of aryl methyl sites for hydroxylation is 2. The van der Waals surface area contributed by atoms with Crippen molar-refractivity contribution in [1.82, 2.24) is 14.7 Å². The number of rotatable bonds is 2. The van der Waals surface area contributed by atoms with Gasteiger partial charge in [0, 0.05) is 11.7 Å². The van der Waals surface area contributed by atoms with Crippen molar-refractivity contribution in [3.05, 3.63) is 35.3 Å². The maximum absolute atomic E-state index is 13.2. The molecule has 0 aliphatic heterocycles. The van der Waals surface area contributed by atoms with Crippen LogP contribution in [-0.4, -0.2) is 20.8 Å². The SMILES string of the molecule is Cc1ccc2nc(C)c(C(=O)NC34CC5CC(CC(C5)C3)C4)n2c1. The summed E-state index contributed by atoms with van der Waals surface area (Å²) in [4.78, 5) is 17.7. The Balaban J connectivity index is 1.49. The van der Waals surface area contributed by atoms with Gasteiger partial charge in [0.1, 0.15) is 11.3 Å². The fourth-order valence-electron chi connectivity index (χ4n) is 6.11. The smallest absolute Gasteiger partial charge is 0.270 e. The fourth-order valence-corrected chi connectivity index (χ4v) is 6.11. The molecule has 0 aromatic carbocycles. The van der Waals surface area contributed by atoms with Crippen molar-refractivity contribution in [2.24, 2.45) is 17.8 Å². The average molecular weight is 323 g/mol. The van der Waals surface area contributed by atoms with Gasteiger partial charge < -0.3 is 5.32 Å².